The van der Waals surface area contributed by atoms with Gasteiger partial charge in [-0.3, -0.25) is 14.6 Å². The average molecular weight is 393 g/mol. The molecular formula is C23H28N4O2. The smallest absolute Gasteiger partial charge is 0.254 e. The van der Waals surface area contributed by atoms with E-state index >= 15 is 0 Å². The van der Waals surface area contributed by atoms with E-state index < -0.39 is 0 Å². The number of aryl methyl sites for hydroxylation is 3. The van der Waals surface area contributed by atoms with Gasteiger partial charge >= 0.3 is 0 Å². The minimum absolute atomic E-state index is 0.0110. The van der Waals surface area contributed by atoms with Crippen LogP contribution in [0.15, 0.2) is 41.5 Å². The van der Waals surface area contributed by atoms with Crippen LogP contribution in [-0.4, -0.2) is 42.6 Å². The van der Waals surface area contributed by atoms with Crippen LogP contribution in [0.4, 0.5) is 11.4 Å². The highest BCUT2D eigenvalue weighted by Crippen LogP contribution is 2.22. The average Bonchev–Trinajstić information content (AvgIpc) is 3.10. The minimum atomic E-state index is -0.214. The molecule has 29 heavy (non-hydrogen) atoms. The van der Waals surface area contributed by atoms with Crippen LogP contribution >= 0.6 is 0 Å². The first-order valence-corrected chi connectivity index (χ1v) is 9.79. The molecule has 1 heterocycles. The molecule has 0 fully saturated rings. The number of likely N-dealkylation sites (N-methyl/N-ethyl adjacent to an activating group) is 1. The summed E-state index contributed by atoms with van der Waals surface area (Å²) in [4.78, 5) is 26.6. The summed E-state index contributed by atoms with van der Waals surface area (Å²) in [5.74, 6) is -0.403. The van der Waals surface area contributed by atoms with Gasteiger partial charge in [-0.05, 0) is 63.1 Å². The Morgan fingerprint density at radius 3 is 2.24 bits per heavy atom. The summed E-state index contributed by atoms with van der Waals surface area (Å²) in [6.45, 7) is 8.83. The minimum Gasteiger partial charge on any atom is -0.332 e. The van der Waals surface area contributed by atoms with Gasteiger partial charge in [0.1, 0.15) is 0 Å². The van der Waals surface area contributed by atoms with Gasteiger partial charge in [-0.15, -0.1) is 0 Å². The number of carbonyl (C=O) groups is 2. The summed E-state index contributed by atoms with van der Waals surface area (Å²) in [6.07, 6.45) is 0.957. The molecule has 3 rings (SSSR count). The monoisotopic (exact) mass is 392 g/mol. The second-order valence-electron chi connectivity index (χ2n) is 7.74. The second-order valence-corrected chi connectivity index (χ2v) is 7.74. The SMILES string of the molecule is CC1=NN(c2ccc(C(=O)N(C)CC(=O)Nc3c(C)cc(C)cc3C)cc2)CC1. The predicted molar refractivity (Wildman–Crippen MR) is 118 cm³/mol. The van der Waals surface area contributed by atoms with Crippen molar-refractivity contribution in [3.63, 3.8) is 0 Å². The van der Waals surface area contributed by atoms with Crippen LogP contribution in [0.2, 0.25) is 0 Å². The first-order chi connectivity index (χ1) is 13.7. The van der Waals surface area contributed by atoms with E-state index in [0.717, 1.165) is 46.7 Å². The first kappa shape index (κ1) is 20.6. The lowest BCUT2D eigenvalue weighted by atomic mass is 10.1. The number of nitrogens with one attached hydrogen (secondary N) is 1. The third kappa shape index (κ3) is 4.83. The normalized spacial score (nSPS) is 13.3. The zero-order valence-corrected chi connectivity index (χ0v) is 17.7. The molecule has 0 unspecified atom stereocenters. The van der Waals surface area contributed by atoms with Crippen LogP contribution in [0.3, 0.4) is 0 Å². The second kappa shape index (κ2) is 8.47. The maximum absolute atomic E-state index is 12.7. The number of amides is 2. The zero-order chi connectivity index (χ0) is 21.1. The summed E-state index contributed by atoms with van der Waals surface area (Å²) < 4.78 is 0. The molecule has 0 saturated carbocycles. The maximum Gasteiger partial charge on any atom is 0.254 e. The van der Waals surface area contributed by atoms with Gasteiger partial charge in [-0.1, -0.05) is 17.7 Å². The third-order valence-corrected chi connectivity index (χ3v) is 5.06. The highest BCUT2D eigenvalue weighted by molar-refractivity contribution is 6.00. The number of rotatable bonds is 5. The Balaban J connectivity index is 1.62. The van der Waals surface area contributed by atoms with Crippen molar-refractivity contribution in [2.75, 3.05) is 30.5 Å². The lowest BCUT2D eigenvalue weighted by Gasteiger charge is -2.19. The number of hydrazone groups is 1. The highest BCUT2D eigenvalue weighted by Gasteiger charge is 2.18. The zero-order valence-electron chi connectivity index (χ0n) is 17.7. The molecule has 6 nitrogen and oxygen atoms in total. The molecule has 152 valence electrons. The van der Waals surface area contributed by atoms with E-state index in [4.69, 9.17) is 0 Å². The van der Waals surface area contributed by atoms with Crippen molar-refractivity contribution < 1.29 is 9.59 Å². The molecule has 2 aromatic carbocycles. The van der Waals surface area contributed by atoms with Crippen LogP contribution < -0.4 is 10.3 Å². The third-order valence-electron chi connectivity index (χ3n) is 5.06. The van der Waals surface area contributed by atoms with Crippen molar-refractivity contribution in [1.29, 1.82) is 0 Å². The molecule has 1 aliphatic heterocycles. The van der Waals surface area contributed by atoms with Crippen molar-refractivity contribution in [2.45, 2.75) is 34.1 Å². The maximum atomic E-state index is 12.7. The predicted octanol–water partition coefficient (Wildman–Crippen LogP) is 3.91. The van der Waals surface area contributed by atoms with Gasteiger partial charge in [0.05, 0.1) is 12.2 Å². The fraction of sp³-hybridized carbons (Fsp3) is 0.348. The Labute approximate surface area is 172 Å². The van der Waals surface area contributed by atoms with E-state index in [0.29, 0.717) is 5.56 Å². The summed E-state index contributed by atoms with van der Waals surface area (Å²) in [5, 5.41) is 9.35. The fourth-order valence-electron chi connectivity index (χ4n) is 3.60. The Kier molecular flexibility index (Phi) is 6.01. The number of nitrogens with zero attached hydrogens (tertiary/aromatic N) is 3. The molecule has 0 radical (unpaired) electrons. The van der Waals surface area contributed by atoms with Gasteiger partial charge < -0.3 is 10.2 Å². The molecule has 0 bridgehead atoms. The molecule has 0 saturated heterocycles. The van der Waals surface area contributed by atoms with Crippen molar-refractivity contribution in [3.8, 4) is 0 Å². The van der Waals surface area contributed by atoms with E-state index in [1.54, 1.807) is 19.2 Å². The summed E-state index contributed by atoms with van der Waals surface area (Å²) in [5.41, 5.74) is 6.61. The topological polar surface area (TPSA) is 65.0 Å². The molecule has 2 amide bonds. The Morgan fingerprint density at radius 2 is 1.69 bits per heavy atom. The van der Waals surface area contributed by atoms with Crippen molar-refractivity contribution >= 4 is 28.9 Å². The number of anilines is 2. The number of hydrogen-bond donors (Lipinski definition) is 1. The lowest BCUT2D eigenvalue weighted by molar-refractivity contribution is -0.116. The van der Waals surface area contributed by atoms with Gasteiger partial charge in [0, 0.05) is 37.0 Å². The summed E-state index contributed by atoms with van der Waals surface area (Å²) in [7, 11) is 1.64. The van der Waals surface area contributed by atoms with Crippen molar-refractivity contribution in [3.05, 3.63) is 58.7 Å². The van der Waals surface area contributed by atoms with Crippen LogP contribution in [0.5, 0.6) is 0 Å². The van der Waals surface area contributed by atoms with Gasteiger partial charge in [-0.25, -0.2) is 0 Å². The molecule has 0 aromatic heterocycles. The highest BCUT2D eigenvalue weighted by atomic mass is 16.2. The van der Waals surface area contributed by atoms with Crippen LogP contribution in [-0.2, 0) is 4.79 Å². The van der Waals surface area contributed by atoms with E-state index in [9.17, 15) is 9.59 Å². The number of hydrogen-bond acceptors (Lipinski definition) is 4. The Bertz CT molecular complexity index is 940. The van der Waals surface area contributed by atoms with Crippen LogP contribution in [0.25, 0.3) is 0 Å². The molecule has 0 spiro atoms. The molecule has 0 aliphatic carbocycles. The molecule has 2 aromatic rings. The van der Waals surface area contributed by atoms with Crippen molar-refractivity contribution in [2.24, 2.45) is 5.10 Å². The molecular weight excluding hydrogens is 364 g/mol. The largest absolute Gasteiger partial charge is 0.332 e. The lowest BCUT2D eigenvalue weighted by Crippen LogP contribution is -2.35. The van der Waals surface area contributed by atoms with Gasteiger partial charge in [0.15, 0.2) is 0 Å². The van der Waals surface area contributed by atoms with E-state index in [1.165, 1.54) is 4.90 Å². The first-order valence-electron chi connectivity index (χ1n) is 9.79. The fourth-order valence-corrected chi connectivity index (χ4v) is 3.60. The molecule has 1 N–H and O–H groups in total. The van der Waals surface area contributed by atoms with Gasteiger partial charge in [-0.2, -0.15) is 5.10 Å². The van der Waals surface area contributed by atoms with Crippen LogP contribution in [0, 0.1) is 20.8 Å². The molecule has 1 aliphatic rings. The van der Waals surface area contributed by atoms with Gasteiger partial charge in [0.25, 0.3) is 5.91 Å². The molecule has 0 atom stereocenters. The van der Waals surface area contributed by atoms with Crippen molar-refractivity contribution in [1.82, 2.24) is 4.90 Å². The standard InChI is InChI=1S/C23H28N4O2/c1-15-12-16(2)22(17(3)13-15)24-21(28)14-26(5)23(29)19-6-8-20(9-7-19)27-11-10-18(4)25-27/h6-9,12-13H,10-11,14H2,1-5H3,(H,24,28). The van der Waals surface area contributed by atoms with E-state index in [-0.39, 0.29) is 18.4 Å². The summed E-state index contributed by atoms with van der Waals surface area (Å²) >= 11 is 0. The Morgan fingerprint density at radius 1 is 1.07 bits per heavy atom. The van der Waals surface area contributed by atoms with E-state index in [2.05, 4.69) is 10.4 Å². The van der Waals surface area contributed by atoms with E-state index in [1.807, 2.05) is 57.0 Å². The van der Waals surface area contributed by atoms with Gasteiger partial charge in [0.2, 0.25) is 5.91 Å². The Hall–Kier alpha value is -3.15. The molecule has 6 heteroatoms. The summed E-state index contributed by atoms with van der Waals surface area (Å²) in [6, 6.07) is 11.4. The number of benzene rings is 2. The number of carbonyl (C=O) groups excluding carboxylic acids is 2. The van der Waals surface area contributed by atoms with Crippen LogP contribution in [0.1, 0.15) is 40.4 Å². The quantitative estimate of drug-likeness (QED) is 0.839.